The number of allylic oxidation sites excluding steroid dienone is 9. The second kappa shape index (κ2) is 41.5. The Morgan fingerprint density at radius 1 is 0.468 bits per heavy atom. The molecule has 0 bridgehead atoms. The number of hydrogen-bond acceptors (Lipinski definition) is 18. The summed E-state index contributed by atoms with van der Waals surface area (Å²) in [5.41, 5.74) is 0. The smallest absolute Gasteiger partial charge is 0.220 e. The van der Waals surface area contributed by atoms with Crippen molar-refractivity contribution in [3.8, 4) is 0 Å². The minimum Gasteiger partial charge on any atom is -0.394 e. The Balaban J connectivity index is 1.55. The number of carbonyl (C=O) groups excluding carboxylic acids is 1. The standard InChI is InChI=1S/C58H101NO18/c1-3-5-7-9-11-13-15-17-19-20-21-22-23-25-27-29-31-33-35-42(63)41(59-46(64)36-34-32-30-28-26-24-18-16-14-12-10-8-6-4-2)40-72-56-52(70)49(67)54(44(38-61)74-56)77-58-53(71)50(68)55(45(39-62)75-58)76-57-51(69)48(66)47(65)43(37-60)73-57/h10,12,16,18,20-21,25,27,33,35,41-45,47-58,60-63,65-71H,3-9,11,13-15,17,19,22-24,26,28-32,34,36-40H2,1-2H3,(H,59,64)/b12-10-,18-16-,21-20+,27-25+,35-33+. The lowest BCUT2D eigenvalue weighted by atomic mass is 9.96. The molecule has 0 aromatic heterocycles. The molecule has 0 aliphatic carbocycles. The number of nitrogens with one attached hydrogen (secondary N) is 1. The van der Waals surface area contributed by atoms with Crippen molar-refractivity contribution in [2.24, 2.45) is 0 Å². The highest BCUT2D eigenvalue weighted by atomic mass is 16.8. The van der Waals surface area contributed by atoms with Gasteiger partial charge in [-0.15, -0.1) is 0 Å². The Bertz CT molecular complexity index is 1650. The number of rotatable bonds is 41. The van der Waals surface area contributed by atoms with E-state index in [0.29, 0.717) is 12.8 Å². The highest BCUT2D eigenvalue weighted by Crippen LogP contribution is 2.33. The van der Waals surface area contributed by atoms with Gasteiger partial charge >= 0.3 is 0 Å². The van der Waals surface area contributed by atoms with E-state index in [-0.39, 0.29) is 18.9 Å². The first kappa shape index (κ1) is 68.8. The SMILES string of the molecule is CCCC/C=C\C/C=C\CCCCCCCC(=O)NC(COC1OC(CO)C(OC2OC(CO)C(OC3OC(CO)C(O)C(O)C3O)C(O)C2O)C(O)C1O)C(O)/C=C/CC/C=C/CC/C=C/CCCCCCCCCC. The second-order valence-electron chi connectivity index (χ2n) is 20.7. The summed E-state index contributed by atoms with van der Waals surface area (Å²) < 4.78 is 34.2. The first-order chi connectivity index (χ1) is 37.3. The summed E-state index contributed by atoms with van der Waals surface area (Å²) in [5.74, 6) is -0.308. The summed E-state index contributed by atoms with van der Waals surface area (Å²) in [4.78, 5) is 13.3. The van der Waals surface area contributed by atoms with Crippen LogP contribution in [0.15, 0.2) is 60.8 Å². The molecule has 19 heteroatoms. The van der Waals surface area contributed by atoms with Gasteiger partial charge in [-0.3, -0.25) is 4.79 Å². The number of ether oxygens (including phenoxy) is 6. The molecule has 3 heterocycles. The van der Waals surface area contributed by atoms with Gasteiger partial charge in [0.05, 0.1) is 38.6 Å². The summed E-state index contributed by atoms with van der Waals surface area (Å²) in [6.07, 6.45) is 19.2. The van der Waals surface area contributed by atoms with Crippen molar-refractivity contribution in [2.75, 3.05) is 26.4 Å². The molecule has 17 atom stereocenters. The van der Waals surface area contributed by atoms with E-state index < -0.39 is 124 Å². The minimum absolute atomic E-state index is 0.213. The molecule has 3 saturated heterocycles. The van der Waals surface area contributed by atoms with E-state index in [1.807, 2.05) is 6.08 Å². The molecule has 0 radical (unpaired) electrons. The van der Waals surface area contributed by atoms with Crippen molar-refractivity contribution in [3.63, 3.8) is 0 Å². The van der Waals surface area contributed by atoms with Crippen LogP contribution in [0, 0.1) is 0 Å². The zero-order chi connectivity index (χ0) is 56.2. The zero-order valence-electron chi connectivity index (χ0n) is 46.2. The van der Waals surface area contributed by atoms with Gasteiger partial charge in [0.1, 0.15) is 73.2 Å². The zero-order valence-corrected chi connectivity index (χ0v) is 46.2. The van der Waals surface area contributed by atoms with Gasteiger partial charge in [-0.1, -0.05) is 152 Å². The van der Waals surface area contributed by atoms with Crippen molar-refractivity contribution >= 4 is 5.91 Å². The van der Waals surface area contributed by atoms with Crippen LogP contribution in [0.4, 0.5) is 0 Å². The number of aliphatic hydroxyl groups excluding tert-OH is 11. The van der Waals surface area contributed by atoms with E-state index in [0.717, 1.165) is 70.6 Å². The lowest BCUT2D eigenvalue weighted by Crippen LogP contribution is -2.66. The summed E-state index contributed by atoms with van der Waals surface area (Å²) in [6, 6.07) is -1.00. The molecule has 0 spiro atoms. The molecule has 3 fully saturated rings. The Morgan fingerprint density at radius 3 is 1.42 bits per heavy atom. The van der Waals surface area contributed by atoms with Gasteiger partial charge in [-0.05, 0) is 70.6 Å². The van der Waals surface area contributed by atoms with Crippen molar-refractivity contribution in [1.82, 2.24) is 5.32 Å². The summed E-state index contributed by atoms with van der Waals surface area (Å²) in [5, 5.41) is 120. The summed E-state index contributed by atoms with van der Waals surface area (Å²) >= 11 is 0. The van der Waals surface area contributed by atoms with Gasteiger partial charge in [-0.2, -0.15) is 0 Å². The summed E-state index contributed by atoms with van der Waals surface area (Å²) in [7, 11) is 0. The second-order valence-corrected chi connectivity index (χ2v) is 20.7. The maximum absolute atomic E-state index is 13.3. The molecule has 12 N–H and O–H groups in total. The molecular formula is C58H101NO18. The van der Waals surface area contributed by atoms with Crippen LogP contribution in [0.1, 0.15) is 168 Å². The fourth-order valence-electron chi connectivity index (χ4n) is 9.41. The van der Waals surface area contributed by atoms with Gasteiger partial charge in [0.25, 0.3) is 0 Å². The molecule has 77 heavy (non-hydrogen) atoms. The van der Waals surface area contributed by atoms with Crippen LogP contribution in [0.25, 0.3) is 0 Å². The molecule has 0 aromatic carbocycles. The fourth-order valence-corrected chi connectivity index (χ4v) is 9.41. The van der Waals surface area contributed by atoms with E-state index in [4.69, 9.17) is 28.4 Å². The maximum Gasteiger partial charge on any atom is 0.220 e. The van der Waals surface area contributed by atoms with Crippen LogP contribution in [-0.2, 0) is 33.2 Å². The van der Waals surface area contributed by atoms with Crippen molar-refractivity contribution < 1.29 is 89.4 Å². The Kier molecular flexibility index (Phi) is 37.0. The van der Waals surface area contributed by atoms with Crippen molar-refractivity contribution in [1.29, 1.82) is 0 Å². The van der Waals surface area contributed by atoms with Crippen molar-refractivity contribution in [3.05, 3.63) is 60.8 Å². The van der Waals surface area contributed by atoms with Gasteiger partial charge in [0.15, 0.2) is 18.9 Å². The topological polar surface area (TPSA) is 307 Å². The van der Waals surface area contributed by atoms with Crippen LogP contribution in [0.3, 0.4) is 0 Å². The average Bonchev–Trinajstić information content (AvgIpc) is 3.42. The number of unbranched alkanes of at least 4 members (excludes halogenated alkanes) is 17. The van der Waals surface area contributed by atoms with E-state index >= 15 is 0 Å². The number of aliphatic hydroxyl groups is 11. The normalized spacial score (nSPS) is 31.2. The molecule has 3 rings (SSSR count). The van der Waals surface area contributed by atoms with Crippen LogP contribution in [0.5, 0.6) is 0 Å². The third-order valence-corrected chi connectivity index (χ3v) is 14.3. The van der Waals surface area contributed by atoms with Crippen LogP contribution >= 0.6 is 0 Å². The molecule has 0 aromatic rings. The molecule has 17 unspecified atom stereocenters. The number of carbonyl (C=O) groups is 1. The highest BCUT2D eigenvalue weighted by Gasteiger charge is 2.53. The van der Waals surface area contributed by atoms with E-state index in [2.05, 4.69) is 67.8 Å². The van der Waals surface area contributed by atoms with Crippen molar-refractivity contribution in [2.45, 2.75) is 272 Å². The first-order valence-corrected chi connectivity index (χ1v) is 29.0. The minimum atomic E-state index is -1.98. The third-order valence-electron chi connectivity index (χ3n) is 14.3. The molecule has 1 amide bonds. The molecule has 0 saturated carbocycles. The van der Waals surface area contributed by atoms with Gasteiger partial charge in [0, 0.05) is 6.42 Å². The quantitative estimate of drug-likeness (QED) is 0.0297. The number of amides is 1. The third kappa shape index (κ3) is 25.9. The van der Waals surface area contributed by atoms with Gasteiger partial charge in [-0.25, -0.2) is 0 Å². The first-order valence-electron chi connectivity index (χ1n) is 29.0. The van der Waals surface area contributed by atoms with Crippen LogP contribution < -0.4 is 5.32 Å². The molecular weight excluding hydrogens is 999 g/mol. The molecule has 446 valence electrons. The predicted molar refractivity (Wildman–Crippen MR) is 291 cm³/mol. The molecule has 3 aliphatic rings. The maximum atomic E-state index is 13.3. The Hall–Kier alpha value is -2.51. The fraction of sp³-hybridized carbons (Fsp3) is 0.810. The summed E-state index contributed by atoms with van der Waals surface area (Å²) in [6.45, 7) is 1.61. The molecule has 3 aliphatic heterocycles. The van der Waals surface area contributed by atoms with Crippen LogP contribution in [-0.4, -0.2) is 193 Å². The Morgan fingerprint density at radius 2 is 0.883 bits per heavy atom. The van der Waals surface area contributed by atoms with E-state index in [1.54, 1.807) is 6.08 Å². The lowest BCUT2D eigenvalue weighted by Gasteiger charge is -2.48. The average molecular weight is 1100 g/mol. The van der Waals surface area contributed by atoms with E-state index in [1.165, 1.54) is 64.2 Å². The largest absolute Gasteiger partial charge is 0.394 e. The molecule has 19 nitrogen and oxygen atoms in total. The predicted octanol–water partition coefficient (Wildman–Crippen LogP) is 4.48. The van der Waals surface area contributed by atoms with Crippen LogP contribution in [0.2, 0.25) is 0 Å². The Labute approximate surface area is 458 Å². The van der Waals surface area contributed by atoms with E-state index in [9.17, 15) is 61.0 Å². The highest BCUT2D eigenvalue weighted by molar-refractivity contribution is 5.76. The van der Waals surface area contributed by atoms with Gasteiger partial charge in [0.2, 0.25) is 5.91 Å². The lowest BCUT2D eigenvalue weighted by molar-refractivity contribution is -0.379. The number of hydrogen-bond donors (Lipinski definition) is 12. The van der Waals surface area contributed by atoms with Gasteiger partial charge < -0.3 is 89.9 Å². The monoisotopic (exact) mass is 1100 g/mol.